The lowest BCUT2D eigenvalue weighted by Crippen LogP contribution is -2.34. The number of nitrogens with zero attached hydrogens (tertiary/aromatic N) is 1. The van der Waals surface area contributed by atoms with Gasteiger partial charge >= 0.3 is 5.97 Å². The van der Waals surface area contributed by atoms with Gasteiger partial charge in [-0.3, -0.25) is 4.72 Å². The van der Waals surface area contributed by atoms with Crippen LogP contribution < -0.4 is 9.62 Å². The van der Waals surface area contributed by atoms with Crippen molar-refractivity contribution in [2.75, 3.05) is 22.7 Å². The number of carboxylic acids is 1. The van der Waals surface area contributed by atoms with E-state index in [0.29, 0.717) is 5.92 Å². The molecule has 178 valence electrons. The van der Waals surface area contributed by atoms with Crippen LogP contribution in [0.3, 0.4) is 0 Å². The summed E-state index contributed by atoms with van der Waals surface area (Å²) in [5, 5.41) is 9.78. The molecule has 7 heteroatoms. The van der Waals surface area contributed by atoms with Gasteiger partial charge in [0.25, 0.3) is 10.0 Å². The molecule has 1 saturated heterocycles. The number of aryl methyl sites for hydroxylation is 1. The summed E-state index contributed by atoms with van der Waals surface area (Å²) in [4.78, 5) is 14.2. The van der Waals surface area contributed by atoms with E-state index in [1.807, 2.05) is 13.0 Å². The second-order valence-corrected chi connectivity index (χ2v) is 10.4. The summed E-state index contributed by atoms with van der Waals surface area (Å²) in [7, 11) is -3.90. The van der Waals surface area contributed by atoms with E-state index in [-0.39, 0.29) is 16.1 Å². The molecule has 1 fully saturated rings. The minimum atomic E-state index is -3.90. The highest BCUT2D eigenvalue weighted by Gasteiger charge is 2.23. The minimum Gasteiger partial charge on any atom is -0.478 e. The van der Waals surface area contributed by atoms with Crippen molar-refractivity contribution in [3.63, 3.8) is 0 Å². The van der Waals surface area contributed by atoms with Gasteiger partial charge in [0.05, 0.1) is 16.1 Å². The molecular formula is C27H30N2O4S. The topological polar surface area (TPSA) is 86.7 Å². The van der Waals surface area contributed by atoms with Gasteiger partial charge in [-0.05, 0) is 73.1 Å². The summed E-state index contributed by atoms with van der Waals surface area (Å²) in [5.41, 5.74) is 3.18. The van der Waals surface area contributed by atoms with Crippen LogP contribution in [0.5, 0.6) is 0 Å². The van der Waals surface area contributed by atoms with Crippen LogP contribution in [0.4, 0.5) is 11.4 Å². The maximum atomic E-state index is 12.8. The van der Waals surface area contributed by atoms with Crippen LogP contribution in [0, 0.1) is 5.92 Å². The van der Waals surface area contributed by atoms with Crippen LogP contribution in [0.1, 0.15) is 41.3 Å². The molecule has 1 aliphatic rings. The van der Waals surface area contributed by atoms with Crippen molar-refractivity contribution in [1.82, 2.24) is 0 Å². The zero-order valence-electron chi connectivity index (χ0n) is 19.3. The first-order chi connectivity index (χ1) is 16.4. The van der Waals surface area contributed by atoms with E-state index >= 15 is 0 Å². The molecule has 0 unspecified atom stereocenters. The molecule has 4 rings (SSSR count). The van der Waals surface area contributed by atoms with Crippen LogP contribution in [-0.4, -0.2) is 32.6 Å². The second kappa shape index (κ2) is 10.3. The van der Waals surface area contributed by atoms with Crippen molar-refractivity contribution in [2.45, 2.75) is 37.5 Å². The molecular weight excluding hydrogens is 448 g/mol. The average Bonchev–Trinajstić information content (AvgIpc) is 2.85. The minimum absolute atomic E-state index is 0.0577. The molecule has 0 aromatic heterocycles. The van der Waals surface area contributed by atoms with Crippen LogP contribution >= 0.6 is 0 Å². The number of nitrogens with one attached hydrogen (secondary N) is 1. The zero-order chi connectivity index (χ0) is 24.1. The van der Waals surface area contributed by atoms with Crippen LogP contribution in [0.2, 0.25) is 0 Å². The van der Waals surface area contributed by atoms with Gasteiger partial charge in [0, 0.05) is 18.8 Å². The first-order valence-corrected chi connectivity index (χ1v) is 13.1. The highest BCUT2D eigenvalue weighted by atomic mass is 32.2. The Labute approximate surface area is 201 Å². The molecule has 3 aromatic rings. The number of anilines is 2. The van der Waals surface area contributed by atoms with Crippen LogP contribution in [0.15, 0.2) is 77.7 Å². The third-order valence-electron chi connectivity index (χ3n) is 6.47. The lowest BCUT2D eigenvalue weighted by Gasteiger charge is -2.34. The Morgan fingerprint density at radius 3 is 2.26 bits per heavy atom. The summed E-state index contributed by atoms with van der Waals surface area (Å²) in [6.07, 6.45) is 3.91. The number of aromatic carboxylic acids is 1. The van der Waals surface area contributed by atoms with Crippen molar-refractivity contribution in [3.05, 3.63) is 89.5 Å². The summed E-state index contributed by atoms with van der Waals surface area (Å²) < 4.78 is 28.1. The number of benzene rings is 3. The number of sulfonamides is 1. The third kappa shape index (κ3) is 5.59. The number of carbonyl (C=O) groups is 1. The fourth-order valence-electron chi connectivity index (χ4n) is 4.45. The summed E-state index contributed by atoms with van der Waals surface area (Å²) >= 11 is 0. The highest BCUT2D eigenvalue weighted by Crippen LogP contribution is 2.30. The molecule has 3 aromatic carbocycles. The Morgan fingerprint density at radius 1 is 0.971 bits per heavy atom. The SMILES string of the molecule is CCc1ccc(S(=O)(=O)Nc2ccc(N3CCC(Cc4ccccc4)CC3)cc2C(=O)O)cc1. The van der Waals surface area contributed by atoms with Gasteiger partial charge < -0.3 is 10.0 Å². The largest absolute Gasteiger partial charge is 0.478 e. The van der Waals surface area contributed by atoms with Gasteiger partial charge in [-0.15, -0.1) is 0 Å². The smallest absolute Gasteiger partial charge is 0.337 e. The monoisotopic (exact) mass is 478 g/mol. The third-order valence-corrected chi connectivity index (χ3v) is 7.85. The highest BCUT2D eigenvalue weighted by molar-refractivity contribution is 7.92. The first kappa shape index (κ1) is 23.8. The normalized spacial score (nSPS) is 14.7. The Morgan fingerprint density at radius 2 is 1.65 bits per heavy atom. The summed E-state index contributed by atoms with van der Waals surface area (Å²) in [5.74, 6) is -0.567. The quantitative estimate of drug-likeness (QED) is 0.464. The van der Waals surface area contributed by atoms with Gasteiger partial charge in [0.15, 0.2) is 0 Å². The molecule has 0 bridgehead atoms. The van der Waals surface area contributed by atoms with Crippen molar-refractivity contribution in [2.24, 2.45) is 5.92 Å². The Balaban J connectivity index is 1.47. The van der Waals surface area contributed by atoms with Gasteiger partial charge in [0.2, 0.25) is 0 Å². The van der Waals surface area contributed by atoms with E-state index in [1.54, 1.807) is 30.3 Å². The number of hydrogen-bond acceptors (Lipinski definition) is 4. The molecule has 0 spiro atoms. The molecule has 1 aliphatic heterocycles. The van der Waals surface area contributed by atoms with Crippen LogP contribution in [0.25, 0.3) is 0 Å². The lowest BCUT2D eigenvalue weighted by molar-refractivity contribution is 0.0698. The van der Waals surface area contributed by atoms with E-state index < -0.39 is 16.0 Å². The van der Waals surface area contributed by atoms with Gasteiger partial charge in [0.1, 0.15) is 0 Å². The van der Waals surface area contributed by atoms with Crippen molar-refractivity contribution in [1.29, 1.82) is 0 Å². The van der Waals surface area contributed by atoms with E-state index in [1.165, 1.54) is 17.7 Å². The Hall–Kier alpha value is -3.32. The van der Waals surface area contributed by atoms with E-state index in [9.17, 15) is 18.3 Å². The van der Waals surface area contributed by atoms with Crippen LogP contribution in [-0.2, 0) is 22.9 Å². The summed E-state index contributed by atoms with van der Waals surface area (Å²) in [6.45, 7) is 3.67. The Kier molecular flexibility index (Phi) is 7.22. The van der Waals surface area contributed by atoms with Crippen molar-refractivity contribution < 1.29 is 18.3 Å². The van der Waals surface area contributed by atoms with E-state index in [2.05, 4.69) is 33.9 Å². The van der Waals surface area contributed by atoms with Gasteiger partial charge in [-0.1, -0.05) is 49.4 Å². The zero-order valence-corrected chi connectivity index (χ0v) is 20.1. The number of hydrogen-bond donors (Lipinski definition) is 2. The fourth-order valence-corrected chi connectivity index (χ4v) is 5.53. The molecule has 0 aliphatic carbocycles. The molecule has 2 N–H and O–H groups in total. The lowest BCUT2D eigenvalue weighted by atomic mass is 9.90. The number of carboxylic acid groups (broad SMARTS) is 1. The first-order valence-electron chi connectivity index (χ1n) is 11.6. The standard InChI is InChI=1S/C27H30N2O4S/c1-2-20-8-11-24(12-9-20)34(32,33)28-26-13-10-23(19-25(26)27(30)31)29-16-14-22(15-17-29)18-21-6-4-3-5-7-21/h3-13,19,22,28H,2,14-18H2,1H3,(H,30,31). The molecule has 6 nitrogen and oxygen atoms in total. The van der Waals surface area contributed by atoms with Crippen molar-refractivity contribution >= 4 is 27.4 Å². The second-order valence-electron chi connectivity index (χ2n) is 8.76. The van der Waals surface area contributed by atoms with Gasteiger partial charge in [-0.2, -0.15) is 0 Å². The molecule has 1 heterocycles. The Bertz CT molecular complexity index is 1230. The summed E-state index contributed by atoms with van der Waals surface area (Å²) in [6, 6.07) is 22.0. The predicted octanol–water partition coefficient (Wildman–Crippen LogP) is 5.21. The molecule has 0 radical (unpaired) electrons. The average molecular weight is 479 g/mol. The van der Waals surface area contributed by atoms with Crippen molar-refractivity contribution in [3.8, 4) is 0 Å². The van der Waals surface area contributed by atoms with E-state index in [0.717, 1.165) is 50.0 Å². The number of rotatable bonds is 8. The number of piperidine rings is 1. The fraction of sp³-hybridized carbons (Fsp3) is 0.296. The molecule has 34 heavy (non-hydrogen) atoms. The molecule has 0 amide bonds. The maximum Gasteiger partial charge on any atom is 0.337 e. The molecule has 0 saturated carbocycles. The predicted molar refractivity (Wildman–Crippen MR) is 135 cm³/mol. The maximum absolute atomic E-state index is 12.8. The molecule has 0 atom stereocenters. The van der Waals surface area contributed by atoms with Gasteiger partial charge in [-0.25, -0.2) is 13.2 Å². The van der Waals surface area contributed by atoms with E-state index in [4.69, 9.17) is 0 Å².